The van der Waals surface area contributed by atoms with Crippen LogP contribution >= 0.6 is 11.6 Å². The molecule has 0 aliphatic carbocycles. The number of piperazine rings is 1. The summed E-state index contributed by atoms with van der Waals surface area (Å²) >= 11 is 5.88. The van der Waals surface area contributed by atoms with Gasteiger partial charge < -0.3 is 15.0 Å². The number of benzene rings is 1. The largest absolute Gasteiger partial charge is 0.384 e. The minimum Gasteiger partial charge on any atom is -0.384 e. The smallest absolute Gasteiger partial charge is 0.321 e. The van der Waals surface area contributed by atoms with Crippen molar-refractivity contribution in [3.05, 3.63) is 29.3 Å². The monoisotopic (exact) mass is 361 g/mol. The number of methoxy groups -OCH3 is 1. The van der Waals surface area contributed by atoms with Crippen molar-refractivity contribution >= 4 is 33.3 Å². The highest BCUT2D eigenvalue weighted by Gasteiger charge is 2.28. The number of nitrogens with one attached hydrogen (secondary N) is 1. The Hall–Kier alpha value is -1.35. The summed E-state index contributed by atoms with van der Waals surface area (Å²) in [5.74, 6) is -0.0434. The SMILES string of the molecule is COCCS(=O)(=O)N1CCN(C(=O)Nc2cccc(Cl)c2)CC1. The van der Waals surface area contributed by atoms with Gasteiger partial charge in [-0.2, -0.15) is 4.31 Å². The van der Waals surface area contributed by atoms with Crippen LogP contribution in [-0.4, -0.2) is 69.3 Å². The lowest BCUT2D eigenvalue weighted by Gasteiger charge is -2.33. The number of halogens is 1. The summed E-state index contributed by atoms with van der Waals surface area (Å²) in [6.07, 6.45) is 0. The molecule has 0 spiro atoms. The molecule has 0 bridgehead atoms. The molecule has 23 heavy (non-hydrogen) atoms. The van der Waals surface area contributed by atoms with Crippen molar-refractivity contribution in [3.63, 3.8) is 0 Å². The van der Waals surface area contributed by atoms with Crippen molar-refractivity contribution < 1.29 is 17.9 Å². The Balaban J connectivity index is 1.87. The number of urea groups is 1. The van der Waals surface area contributed by atoms with Gasteiger partial charge in [0.15, 0.2) is 0 Å². The fourth-order valence-corrected chi connectivity index (χ4v) is 3.80. The van der Waals surface area contributed by atoms with Crippen molar-refractivity contribution in [1.82, 2.24) is 9.21 Å². The molecule has 0 saturated carbocycles. The van der Waals surface area contributed by atoms with Crippen LogP contribution in [0.2, 0.25) is 5.02 Å². The number of rotatable bonds is 5. The molecule has 1 N–H and O–H groups in total. The molecule has 1 heterocycles. The van der Waals surface area contributed by atoms with E-state index < -0.39 is 10.0 Å². The van der Waals surface area contributed by atoms with Crippen molar-refractivity contribution in [2.45, 2.75) is 0 Å². The summed E-state index contributed by atoms with van der Waals surface area (Å²) in [5.41, 5.74) is 0.609. The molecule has 0 aromatic heterocycles. The Morgan fingerprint density at radius 2 is 2.00 bits per heavy atom. The van der Waals surface area contributed by atoms with Crippen molar-refractivity contribution in [3.8, 4) is 0 Å². The molecule has 0 unspecified atom stereocenters. The van der Waals surface area contributed by atoms with Crippen LogP contribution in [0.15, 0.2) is 24.3 Å². The maximum absolute atomic E-state index is 12.2. The number of hydrogen-bond donors (Lipinski definition) is 1. The normalized spacial score (nSPS) is 16.3. The zero-order chi connectivity index (χ0) is 16.9. The Kier molecular flexibility index (Phi) is 6.23. The molecule has 0 atom stereocenters. The number of nitrogens with zero attached hydrogens (tertiary/aromatic N) is 2. The molecule has 2 amide bonds. The van der Waals surface area contributed by atoms with Crippen LogP contribution in [-0.2, 0) is 14.8 Å². The summed E-state index contributed by atoms with van der Waals surface area (Å²) < 4.78 is 30.3. The summed E-state index contributed by atoms with van der Waals surface area (Å²) in [5, 5.41) is 3.29. The number of sulfonamides is 1. The third-order valence-corrected chi connectivity index (χ3v) is 5.61. The van der Waals surface area contributed by atoms with Crippen molar-refractivity contribution in [2.75, 3.05) is 51.0 Å². The molecule has 1 aromatic rings. The highest BCUT2D eigenvalue weighted by Crippen LogP contribution is 2.16. The van der Waals surface area contributed by atoms with Gasteiger partial charge in [0.2, 0.25) is 10.0 Å². The summed E-state index contributed by atoms with van der Waals surface area (Å²) in [4.78, 5) is 13.8. The number of hydrogen-bond acceptors (Lipinski definition) is 4. The predicted molar refractivity (Wildman–Crippen MR) is 89.3 cm³/mol. The lowest BCUT2D eigenvalue weighted by molar-refractivity contribution is 0.182. The van der Waals surface area contributed by atoms with Crippen molar-refractivity contribution in [1.29, 1.82) is 0 Å². The summed E-state index contributed by atoms with van der Waals surface area (Å²) in [6.45, 7) is 1.43. The standard InChI is InChI=1S/C14H20ClN3O4S/c1-22-9-10-23(20,21)18-7-5-17(6-8-18)14(19)16-13-4-2-3-12(15)11-13/h2-4,11H,5-10H2,1H3,(H,16,19). The van der Waals surface area contributed by atoms with E-state index in [9.17, 15) is 13.2 Å². The molecule has 2 rings (SSSR count). The Morgan fingerprint density at radius 3 is 2.61 bits per heavy atom. The average molecular weight is 362 g/mol. The van der Waals surface area contributed by atoms with Gasteiger partial charge in [-0.1, -0.05) is 17.7 Å². The van der Waals surface area contributed by atoms with Gasteiger partial charge in [-0.3, -0.25) is 0 Å². The van der Waals surface area contributed by atoms with E-state index in [-0.39, 0.29) is 31.5 Å². The van der Waals surface area contributed by atoms with Gasteiger partial charge in [-0.05, 0) is 18.2 Å². The quantitative estimate of drug-likeness (QED) is 0.861. The molecule has 1 fully saturated rings. The number of carbonyl (C=O) groups excluding carboxylic acids is 1. The van der Waals surface area contributed by atoms with E-state index in [1.165, 1.54) is 11.4 Å². The average Bonchev–Trinajstić information content (AvgIpc) is 2.53. The third-order valence-electron chi connectivity index (χ3n) is 3.54. The summed E-state index contributed by atoms with van der Waals surface area (Å²) in [6, 6.07) is 6.61. The minimum absolute atomic E-state index is 0.0434. The van der Waals surface area contributed by atoms with E-state index in [0.717, 1.165) is 0 Å². The molecule has 1 aromatic carbocycles. The lowest BCUT2D eigenvalue weighted by Crippen LogP contribution is -2.52. The Bertz CT molecular complexity index is 645. The Morgan fingerprint density at radius 1 is 1.30 bits per heavy atom. The van der Waals surface area contributed by atoms with Crippen LogP contribution in [0.3, 0.4) is 0 Å². The highest BCUT2D eigenvalue weighted by molar-refractivity contribution is 7.89. The molecular weight excluding hydrogens is 342 g/mol. The highest BCUT2D eigenvalue weighted by atomic mass is 35.5. The molecular formula is C14H20ClN3O4S. The van der Waals surface area contributed by atoms with Crippen LogP contribution in [0.4, 0.5) is 10.5 Å². The van der Waals surface area contributed by atoms with E-state index >= 15 is 0 Å². The zero-order valence-electron chi connectivity index (χ0n) is 12.9. The van der Waals surface area contributed by atoms with Gasteiger partial charge >= 0.3 is 6.03 Å². The summed E-state index contributed by atoms with van der Waals surface area (Å²) in [7, 11) is -1.86. The van der Waals surface area contributed by atoms with Gasteiger partial charge in [-0.25, -0.2) is 13.2 Å². The molecule has 0 radical (unpaired) electrons. The van der Waals surface area contributed by atoms with E-state index in [4.69, 9.17) is 16.3 Å². The van der Waals surface area contributed by atoms with Gasteiger partial charge in [0.25, 0.3) is 0 Å². The minimum atomic E-state index is -3.33. The topological polar surface area (TPSA) is 79.0 Å². The van der Waals surface area contributed by atoms with Crippen LogP contribution < -0.4 is 5.32 Å². The third kappa shape index (κ3) is 5.07. The number of carbonyl (C=O) groups is 1. The Labute approximate surface area is 141 Å². The van der Waals surface area contributed by atoms with E-state index in [1.54, 1.807) is 29.2 Å². The van der Waals surface area contributed by atoms with Gasteiger partial charge in [0.1, 0.15) is 0 Å². The molecule has 9 heteroatoms. The molecule has 7 nitrogen and oxygen atoms in total. The number of ether oxygens (including phenoxy) is 1. The van der Waals surface area contributed by atoms with Gasteiger partial charge in [0.05, 0.1) is 12.4 Å². The second-order valence-electron chi connectivity index (χ2n) is 5.14. The van der Waals surface area contributed by atoms with E-state index in [2.05, 4.69) is 5.32 Å². The fourth-order valence-electron chi connectivity index (χ4n) is 2.26. The van der Waals surface area contributed by atoms with Gasteiger partial charge in [0, 0.05) is 44.0 Å². The van der Waals surface area contributed by atoms with E-state index in [0.29, 0.717) is 23.8 Å². The second kappa shape index (κ2) is 7.96. The fraction of sp³-hybridized carbons (Fsp3) is 0.500. The van der Waals surface area contributed by atoms with Crippen LogP contribution in [0.1, 0.15) is 0 Å². The molecule has 1 saturated heterocycles. The van der Waals surface area contributed by atoms with Crippen LogP contribution in [0, 0.1) is 0 Å². The maximum Gasteiger partial charge on any atom is 0.321 e. The molecule has 1 aliphatic rings. The zero-order valence-corrected chi connectivity index (χ0v) is 14.4. The molecule has 128 valence electrons. The van der Waals surface area contributed by atoms with Crippen molar-refractivity contribution in [2.24, 2.45) is 0 Å². The maximum atomic E-state index is 12.2. The second-order valence-corrected chi connectivity index (χ2v) is 7.66. The number of amides is 2. The van der Waals surface area contributed by atoms with E-state index in [1.807, 2.05) is 0 Å². The van der Waals surface area contributed by atoms with Crippen LogP contribution in [0.25, 0.3) is 0 Å². The first-order chi connectivity index (χ1) is 10.9. The lowest BCUT2D eigenvalue weighted by atomic mass is 10.3. The molecule has 1 aliphatic heterocycles. The number of anilines is 1. The van der Waals surface area contributed by atoms with Crippen LogP contribution in [0.5, 0.6) is 0 Å². The first-order valence-corrected chi connectivity index (χ1v) is 9.19. The predicted octanol–water partition coefficient (Wildman–Crippen LogP) is 1.47. The van der Waals surface area contributed by atoms with Gasteiger partial charge in [-0.15, -0.1) is 0 Å². The first-order valence-electron chi connectivity index (χ1n) is 7.20. The first kappa shape index (κ1) is 18.0.